The van der Waals surface area contributed by atoms with Crippen molar-refractivity contribution in [3.63, 3.8) is 0 Å². The quantitative estimate of drug-likeness (QED) is 0.852. The van der Waals surface area contributed by atoms with Crippen molar-refractivity contribution in [3.8, 4) is 0 Å². The Balaban J connectivity index is 2.10. The van der Waals surface area contributed by atoms with Gasteiger partial charge in [-0.25, -0.2) is 4.98 Å². The molecule has 0 spiro atoms. The van der Waals surface area contributed by atoms with Crippen molar-refractivity contribution in [3.05, 3.63) is 62.3 Å². The standard InChI is InChI=1S/C15H18ClN3O/c1-9-4-5-17-14(16)13(9)8-18-11(3)12-6-10(2)15(20)19-7-12/h4-7,11,18H,8H2,1-3H3,(H,19,20). The molecule has 2 rings (SSSR count). The summed E-state index contributed by atoms with van der Waals surface area (Å²) in [5, 5.41) is 3.93. The van der Waals surface area contributed by atoms with Gasteiger partial charge in [0.05, 0.1) is 0 Å². The number of aromatic amines is 1. The smallest absolute Gasteiger partial charge is 0.250 e. The van der Waals surface area contributed by atoms with E-state index in [2.05, 4.69) is 15.3 Å². The van der Waals surface area contributed by atoms with Crippen LogP contribution in [0, 0.1) is 13.8 Å². The van der Waals surface area contributed by atoms with E-state index >= 15 is 0 Å². The summed E-state index contributed by atoms with van der Waals surface area (Å²) in [4.78, 5) is 18.2. The van der Waals surface area contributed by atoms with Gasteiger partial charge in [0.15, 0.2) is 0 Å². The second-order valence-electron chi connectivity index (χ2n) is 4.94. The molecule has 0 radical (unpaired) electrons. The zero-order valence-corrected chi connectivity index (χ0v) is 12.6. The maximum atomic E-state index is 11.4. The summed E-state index contributed by atoms with van der Waals surface area (Å²) in [7, 11) is 0. The normalized spacial score (nSPS) is 12.4. The molecule has 1 atom stereocenters. The predicted molar refractivity (Wildman–Crippen MR) is 81.0 cm³/mol. The molecule has 2 aromatic rings. The lowest BCUT2D eigenvalue weighted by molar-refractivity contribution is 0.570. The number of nitrogens with zero attached hydrogens (tertiary/aromatic N) is 1. The summed E-state index contributed by atoms with van der Waals surface area (Å²) in [6.45, 7) is 6.50. The molecule has 0 bridgehead atoms. The minimum absolute atomic E-state index is 0.0490. The average molecular weight is 292 g/mol. The number of hydrogen-bond donors (Lipinski definition) is 2. The third-order valence-electron chi connectivity index (χ3n) is 3.43. The molecule has 0 aliphatic carbocycles. The molecule has 1 unspecified atom stereocenters. The van der Waals surface area contributed by atoms with Gasteiger partial charge < -0.3 is 10.3 Å². The van der Waals surface area contributed by atoms with Crippen LogP contribution >= 0.6 is 11.6 Å². The summed E-state index contributed by atoms with van der Waals surface area (Å²) in [5.74, 6) is 0. The number of H-pyrrole nitrogens is 1. The van der Waals surface area contributed by atoms with Crippen molar-refractivity contribution in [2.75, 3.05) is 0 Å². The third kappa shape index (κ3) is 3.26. The van der Waals surface area contributed by atoms with Crippen molar-refractivity contribution in [1.29, 1.82) is 0 Å². The van der Waals surface area contributed by atoms with Gasteiger partial charge >= 0.3 is 0 Å². The zero-order valence-electron chi connectivity index (χ0n) is 11.8. The Morgan fingerprint density at radius 3 is 2.80 bits per heavy atom. The van der Waals surface area contributed by atoms with E-state index in [-0.39, 0.29) is 11.6 Å². The highest BCUT2D eigenvalue weighted by molar-refractivity contribution is 6.30. The summed E-state index contributed by atoms with van der Waals surface area (Å²) in [6, 6.07) is 3.95. The SMILES string of the molecule is Cc1ccnc(Cl)c1CNC(C)c1c[nH]c(=O)c(C)c1. The van der Waals surface area contributed by atoms with E-state index in [0.717, 1.165) is 16.7 Å². The van der Waals surface area contributed by atoms with Gasteiger partial charge in [-0.05, 0) is 44.0 Å². The lowest BCUT2D eigenvalue weighted by Crippen LogP contribution is -2.21. The first kappa shape index (κ1) is 14.8. The highest BCUT2D eigenvalue weighted by Crippen LogP contribution is 2.18. The second kappa shape index (κ2) is 6.20. The monoisotopic (exact) mass is 291 g/mol. The Hall–Kier alpha value is -1.65. The Morgan fingerprint density at radius 2 is 2.15 bits per heavy atom. The van der Waals surface area contributed by atoms with Crippen LogP contribution in [-0.2, 0) is 6.54 Å². The fourth-order valence-corrected chi connectivity index (χ4v) is 2.28. The molecule has 0 aliphatic rings. The molecule has 0 amide bonds. The van der Waals surface area contributed by atoms with E-state index in [1.165, 1.54) is 0 Å². The first-order valence-corrected chi connectivity index (χ1v) is 6.89. The van der Waals surface area contributed by atoms with Crippen molar-refractivity contribution in [2.24, 2.45) is 0 Å². The van der Waals surface area contributed by atoms with Crippen LogP contribution in [0.2, 0.25) is 5.15 Å². The molecule has 106 valence electrons. The van der Waals surface area contributed by atoms with Crippen molar-refractivity contribution < 1.29 is 0 Å². The molecule has 2 aromatic heterocycles. The van der Waals surface area contributed by atoms with Crippen LogP contribution in [0.1, 0.15) is 35.2 Å². The van der Waals surface area contributed by atoms with Gasteiger partial charge in [-0.1, -0.05) is 11.6 Å². The van der Waals surface area contributed by atoms with Gasteiger partial charge in [-0.15, -0.1) is 0 Å². The molecule has 20 heavy (non-hydrogen) atoms. The van der Waals surface area contributed by atoms with E-state index in [0.29, 0.717) is 17.3 Å². The van der Waals surface area contributed by atoms with Crippen molar-refractivity contribution in [1.82, 2.24) is 15.3 Å². The van der Waals surface area contributed by atoms with Crippen LogP contribution in [0.5, 0.6) is 0 Å². The fourth-order valence-electron chi connectivity index (χ4n) is 2.01. The van der Waals surface area contributed by atoms with Crippen molar-refractivity contribution >= 4 is 11.6 Å². The van der Waals surface area contributed by atoms with Gasteiger partial charge in [-0.3, -0.25) is 4.79 Å². The molecule has 2 heterocycles. The highest BCUT2D eigenvalue weighted by Gasteiger charge is 2.09. The maximum absolute atomic E-state index is 11.4. The Morgan fingerprint density at radius 1 is 1.40 bits per heavy atom. The minimum Gasteiger partial charge on any atom is -0.329 e. The zero-order chi connectivity index (χ0) is 14.7. The largest absolute Gasteiger partial charge is 0.329 e. The lowest BCUT2D eigenvalue weighted by atomic mass is 10.1. The van der Waals surface area contributed by atoms with E-state index in [9.17, 15) is 4.79 Å². The lowest BCUT2D eigenvalue weighted by Gasteiger charge is -2.16. The van der Waals surface area contributed by atoms with Gasteiger partial charge in [0, 0.05) is 36.1 Å². The van der Waals surface area contributed by atoms with E-state index in [1.807, 2.05) is 26.0 Å². The summed E-state index contributed by atoms with van der Waals surface area (Å²) in [5.41, 5.74) is 3.82. The van der Waals surface area contributed by atoms with Crippen LogP contribution in [0.3, 0.4) is 0 Å². The maximum Gasteiger partial charge on any atom is 0.250 e. The van der Waals surface area contributed by atoms with Gasteiger partial charge in [0.25, 0.3) is 5.56 Å². The minimum atomic E-state index is -0.0490. The fraction of sp³-hybridized carbons (Fsp3) is 0.333. The van der Waals surface area contributed by atoms with E-state index in [1.54, 1.807) is 19.3 Å². The third-order valence-corrected chi connectivity index (χ3v) is 3.76. The number of aryl methyl sites for hydroxylation is 2. The molecule has 2 N–H and O–H groups in total. The molecular formula is C15H18ClN3O. The number of hydrogen-bond acceptors (Lipinski definition) is 3. The topological polar surface area (TPSA) is 57.8 Å². The number of halogens is 1. The number of pyridine rings is 2. The molecule has 0 saturated heterocycles. The molecular weight excluding hydrogens is 274 g/mol. The Kier molecular flexibility index (Phi) is 4.57. The molecule has 4 nitrogen and oxygen atoms in total. The molecule has 5 heteroatoms. The first-order valence-electron chi connectivity index (χ1n) is 6.51. The molecule has 0 saturated carbocycles. The van der Waals surface area contributed by atoms with Crippen LogP contribution in [0.15, 0.2) is 29.3 Å². The summed E-state index contributed by atoms with van der Waals surface area (Å²) in [6.07, 6.45) is 3.45. The predicted octanol–water partition coefficient (Wildman–Crippen LogP) is 2.89. The van der Waals surface area contributed by atoms with Gasteiger partial charge in [0.2, 0.25) is 0 Å². The molecule has 0 fully saturated rings. The van der Waals surface area contributed by atoms with Crippen LogP contribution in [0.4, 0.5) is 0 Å². The van der Waals surface area contributed by atoms with Gasteiger partial charge in [-0.2, -0.15) is 0 Å². The van der Waals surface area contributed by atoms with E-state index < -0.39 is 0 Å². The first-order chi connectivity index (χ1) is 9.49. The summed E-state index contributed by atoms with van der Waals surface area (Å²) < 4.78 is 0. The van der Waals surface area contributed by atoms with Crippen LogP contribution < -0.4 is 10.9 Å². The average Bonchev–Trinajstić information content (AvgIpc) is 2.41. The van der Waals surface area contributed by atoms with Crippen LogP contribution in [-0.4, -0.2) is 9.97 Å². The number of rotatable bonds is 4. The van der Waals surface area contributed by atoms with E-state index in [4.69, 9.17) is 11.6 Å². The second-order valence-corrected chi connectivity index (χ2v) is 5.30. The number of nitrogens with one attached hydrogen (secondary N) is 2. The Labute approximate surface area is 123 Å². The number of aromatic nitrogens is 2. The summed E-state index contributed by atoms with van der Waals surface area (Å²) >= 11 is 6.11. The van der Waals surface area contributed by atoms with Crippen LogP contribution in [0.25, 0.3) is 0 Å². The highest BCUT2D eigenvalue weighted by atomic mass is 35.5. The molecule has 0 aliphatic heterocycles. The molecule has 0 aromatic carbocycles. The van der Waals surface area contributed by atoms with Gasteiger partial charge in [0.1, 0.15) is 5.15 Å². The Bertz CT molecular complexity index is 646. The van der Waals surface area contributed by atoms with Crippen molar-refractivity contribution in [2.45, 2.75) is 33.4 Å².